The smallest absolute Gasteiger partial charge is 0.224 e. The first kappa shape index (κ1) is 13.5. The third-order valence-corrected chi connectivity index (χ3v) is 2.46. The molecule has 0 spiro atoms. The van der Waals surface area contributed by atoms with E-state index in [9.17, 15) is 4.79 Å². The van der Waals surface area contributed by atoms with Crippen molar-refractivity contribution in [2.45, 2.75) is 13.8 Å². The van der Waals surface area contributed by atoms with Crippen molar-refractivity contribution in [2.75, 3.05) is 19.7 Å². The molecule has 0 aromatic heterocycles. The molecule has 0 aliphatic heterocycles. The first-order valence-corrected chi connectivity index (χ1v) is 5.80. The van der Waals surface area contributed by atoms with Crippen LogP contribution >= 0.6 is 0 Å². The van der Waals surface area contributed by atoms with E-state index in [4.69, 9.17) is 10.5 Å². The number of carbonyl (C=O) groups excluding carboxylic acids is 1. The third kappa shape index (κ3) is 4.87. The lowest BCUT2D eigenvalue weighted by Crippen LogP contribution is -2.35. The van der Waals surface area contributed by atoms with Gasteiger partial charge in [0.1, 0.15) is 12.4 Å². The molecule has 17 heavy (non-hydrogen) atoms. The Kier molecular flexibility index (Phi) is 5.49. The highest BCUT2D eigenvalue weighted by Crippen LogP contribution is 2.11. The predicted octanol–water partition coefficient (Wildman–Crippen LogP) is 1.08. The normalized spacial score (nSPS) is 11.9. The first-order valence-electron chi connectivity index (χ1n) is 5.80. The maximum absolute atomic E-state index is 11.4. The van der Waals surface area contributed by atoms with Gasteiger partial charge in [0.15, 0.2) is 0 Å². The Morgan fingerprint density at radius 1 is 1.53 bits per heavy atom. The average Bonchev–Trinajstić information content (AvgIpc) is 2.33. The number of ether oxygens (including phenoxy) is 1. The van der Waals surface area contributed by atoms with Crippen LogP contribution in [-0.2, 0) is 4.79 Å². The highest BCUT2D eigenvalue weighted by molar-refractivity contribution is 5.78. The van der Waals surface area contributed by atoms with Crippen LogP contribution in [0, 0.1) is 12.8 Å². The number of nitrogens with one attached hydrogen (secondary N) is 1. The Balaban J connectivity index is 2.22. The number of aryl methyl sites for hydroxylation is 1. The summed E-state index contributed by atoms with van der Waals surface area (Å²) in [6.45, 7) is 5.14. The molecule has 1 atom stereocenters. The van der Waals surface area contributed by atoms with Gasteiger partial charge in [0.2, 0.25) is 5.91 Å². The molecule has 0 radical (unpaired) electrons. The molecule has 4 heteroatoms. The summed E-state index contributed by atoms with van der Waals surface area (Å²) in [7, 11) is 0. The molecule has 1 unspecified atom stereocenters. The van der Waals surface area contributed by atoms with Gasteiger partial charge in [-0.15, -0.1) is 0 Å². The Labute approximate surface area is 102 Å². The molecule has 0 aliphatic carbocycles. The van der Waals surface area contributed by atoms with Crippen molar-refractivity contribution in [3.8, 4) is 5.75 Å². The molecule has 0 aliphatic rings. The van der Waals surface area contributed by atoms with Crippen LogP contribution in [0.15, 0.2) is 24.3 Å². The van der Waals surface area contributed by atoms with Gasteiger partial charge in [-0.3, -0.25) is 4.79 Å². The fraction of sp³-hybridized carbons (Fsp3) is 0.462. The molecule has 1 amide bonds. The predicted molar refractivity (Wildman–Crippen MR) is 67.9 cm³/mol. The summed E-state index contributed by atoms with van der Waals surface area (Å²) in [5.74, 6) is 0.653. The largest absolute Gasteiger partial charge is 0.492 e. The maximum Gasteiger partial charge on any atom is 0.224 e. The first-order chi connectivity index (χ1) is 8.13. The third-order valence-electron chi connectivity index (χ3n) is 2.46. The van der Waals surface area contributed by atoms with E-state index in [0.717, 1.165) is 11.3 Å². The second-order valence-electron chi connectivity index (χ2n) is 4.09. The molecule has 4 nitrogen and oxygen atoms in total. The summed E-state index contributed by atoms with van der Waals surface area (Å²) >= 11 is 0. The van der Waals surface area contributed by atoms with E-state index in [1.54, 1.807) is 6.92 Å². The Morgan fingerprint density at radius 3 is 2.94 bits per heavy atom. The summed E-state index contributed by atoms with van der Waals surface area (Å²) in [5, 5.41) is 2.77. The molecule has 0 saturated heterocycles. The van der Waals surface area contributed by atoms with Gasteiger partial charge < -0.3 is 15.8 Å². The number of amides is 1. The monoisotopic (exact) mass is 236 g/mol. The lowest BCUT2D eigenvalue weighted by atomic mass is 10.2. The number of carbonyl (C=O) groups is 1. The van der Waals surface area contributed by atoms with Crippen LogP contribution < -0.4 is 15.8 Å². The van der Waals surface area contributed by atoms with Crippen molar-refractivity contribution in [3.63, 3.8) is 0 Å². The van der Waals surface area contributed by atoms with E-state index in [1.807, 2.05) is 31.2 Å². The van der Waals surface area contributed by atoms with E-state index < -0.39 is 0 Å². The van der Waals surface area contributed by atoms with E-state index in [2.05, 4.69) is 5.32 Å². The minimum Gasteiger partial charge on any atom is -0.492 e. The Morgan fingerprint density at radius 2 is 2.29 bits per heavy atom. The molecule has 1 aromatic rings. The topological polar surface area (TPSA) is 64.3 Å². The molecule has 94 valence electrons. The minimum absolute atomic E-state index is 0.0275. The number of hydrogen-bond donors (Lipinski definition) is 2. The molecule has 1 aromatic carbocycles. The van der Waals surface area contributed by atoms with Crippen molar-refractivity contribution >= 4 is 5.91 Å². The molecule has 3 N–H and O–H groups in total. The zero-order valence-corrected chi connectivity index (χ0v) is 10.4. The lowest BCUT2D eigenvalue weighted by Gasteiger charge is -2.11. The van der Waals surface area contributed by atoms with Gasteiger partial charge in [-0.2, -0.15) is 0 Å². The molecule has 0 bridgehead atoms. The van der Waals surface area contributed by atoms with Gasteiger partial charge in [-0.1, -0.05) is 19.1 Å². The standard InChI is InChI=1S/C13H20N2O2/c1-10-4-3-5-12(8-10)17-7-6-15-13(16)11(2)9-14/h3-5,8,11H,6-7,9,14H2,1-2H3,(H,15,16). The van der Waals surface area contributed by atoms with Crippen LogP contribution in [-0.4, -0.2) is 25.6 Å². The van der Waals surface area contributed by atoms with Gasteiger partial charge in [-0.05, 0) is 24.6 Å². The quantitative estimate of drug-likeness (QED) is 0.727. The van der Waals surface area contributed by atoms with E-state index in [1.165, 1.54) is 0 Å². The van der Waals surface area contributed by atoms with Crippen molar-refractivity contribution in [2.24, 2.45) is 11.7 Å². The summed E-state index contributed by atoms with van der Waals surface area (Å²) in [5.41, 5.74) is 6.55. The van der Waals surface area contributed by atoms with E-state index >= 15 is 0 Å². The minimum atomic E-state index is -0.144. The maximum atomic E-state index is 11.4. The van der Waals surface area contributed by atoms with Crippen LogP contribution in [0.4, 0.5) is 0 Å². The molecule has 0 fully saturated rings. The summed E-state index contributed by atoms with van der Waals surface area (Å²) in [6, 6.07) is 7.82. The van der Waals surface area contributed by atoms with Crippen molar-refractivity contribution in [1.82, 2.24) is 5.32 Å². The van der Waals surface area contributed by atoms with E-state index in [-0.39, 0.29) is 11.8 Å². The zero-order chi connectivity index (χ0) is 12.7. The van der Waals surface area contributed by atoms with Gasteiger partial charge >= 0.3 is 0 Å². The molecular formula is C13H20N2O2. The molecular weight excluding hydrogens is 216 g/mol. The van der Waals surface area contributed by atoms with Crippen LogP contribution in [0.1, 0.15) is 12.5 Å². The van der Waals surface area contributed by atoms with E-state index in [0.29, 0.717) is 19.7 Å². The second-order valence-corrected chi connectivity index (χ2v) is 4.09. The van der Waals surface area contributed by atoms with Gasteiger partial charge in [0.25, 0.3) is 0 Å². The molecule has 0 heterocycles. The number of benzene rings is 1. The Hall–Kier alpha value is -1.55. The van der Waals surface area contributed by atoms with Crippen molar-refractivity contribution < 1.29 is 9.53 Å². The summed E-state index contributed by atoms with van der Waals surface area (Å²) in [4.78, 5) is 11.4. The van der Waals surface area contributed by atoms with Crippen LogP contribution in [0.2, 0.25) is 0 Å². The van der Waals surface area contributed by atoms with Crippen molar-refractivity contribution in [3.05, 3.63) is 29.8 Å². The molecule has 0 saturated carbocycles. The van der Waals surface area contributed by atoms with Crippen LogP contribution in [0.3, 0.4) is 0 Å². The number of hydrogen-bond acceptors (Lipinski definition) is 3. The highest BCUT2D eigenvalue weighted by Gasteiger charge is 2.09. The number of rotatable bonds is 6. The lowest BCUT2D eigenvalue weighted by molar-refractivity contribution is -0.124. The fourth-order valence-corrected chi connectivity index (χ4v) is 1.33. The zero-order valence-electron chi connectivity index (χ0n) is 10.4. The second kappa shape index (κ2) is 6.91. The highest BCUT2D eigenvalue weighted by atomic mass is 16.5. The van der Waals surface area contributed by atoms with Crippen molar-refractivity contribution in [1.29, 1.82) is 0 Å². The Bertz CT molecular complexity index is 366. The fourth-order valence-electron chi connectivity index (χ4n) is 1.33. The van der Waals surface area contributed by atoms with Gasteiger partial charge in [-0.25, -0.2) is 0 Å². The average molecular weight is 236 g/mol. The van der Waals surface area contributed by atoms with Gasteiger partial charge in [0.05, 0.1) is 6.54 Å². The van der Waals surface area contributed by atoms with Crippen LogP contribution in [0.25, 0.3) is 0 Å². The summed E-state index contributed by atoms with van der Waals surface area (Å²) in [6.07, 6.45) is 0. The van der Waals surface area contributed by atoms with Gasteiger partial charge in [0, 0.05) is 12.5 Å². The van der Waals surface area contributed by atoms with Crippen LogP contribution in [0.5, 0.6) is 5.75 Å². The number of nitrogens with two attached hydrogens (primary N) is 1. The summed E-state index contributed by atoms with van der Waals surface area (Å²) < 4.78 is 5.50. The molecule has 1 rings (SSSR count). The SMILES string of the molecule is Cc1cccc(OCCNC(=O)C(C)CN)c1.